The highest BCUT2D eigenvalue weighted by Crippen LogP contribution is 2.49. The van der Waals surface area contributed by atoms with Crippen molar-refractivity contribution in [2.75, 3.05) is 0 Å². The van der Waals surface area contributed by atoms with Gasteiger partial charge in [-0.25, -0.2) is 0 Å². The predicted molar refractivity (Wildman–Crippen MR) is 87.6 cm³/mol. The molecular formula is C20H20O3. The number of fused-ring (bicyclic) bond motifs is 3. The van der Waals surface area contributed by atoms with Gasteiger partial charge in [0, 0.05) is 23.5 Å². The zero-order chi connectivity index (χ0) is 16.1. The van der Waals surface area contributed by atoms with E-state index in [-0.39, 0.29) is 11.7 Å². The molecule has 0 aromatic heterocycles. The maximum absolute atomic E-state index is 12.4. The van der Waals surface area contributed by atoms with Crippen molar-refractivity contribution in [2.24, 2.45) is 5.92 Å². The smallest absolute Gasteiger partial charge is 0.263 e. The van der Waals surface area contributed by atoms with E-state index in [9.17, 15) is 4.79 Å². The number of allylic oxidation sites excluding steroid dienone is 2. The van der Waals surface area contributed by atoms with Crippen LogP contribution in [0.5, 0.6) is 0 Å². The molecule has 0 amide bonds. The van der Waals surface area contributed by atoms with E-state index in [2.05, 4.69) is 30.8 Å². The van der Waals surface area contributed by atoms with Crippen molar-refractivity contribution in [2.45, 2.75) is 38.9 Å². The lowest BCUT2D eigenvalue weighted by Crippen LogP contribution is -2.12. The predicted octanol–water partition coefficient (Wildman–Crippen LogP) is 4.02. The summed E-state index contributed by atoms with van der Waals surface area (Å²) in [7, 11) is 0. The van der Waals surface area contributed by atoms with Crippen molar-refractivity contribution in [1.29, 1.82) is 0 Å². The minimum atomic E-state index is -0.453. The van der Waals surface area contributed by atoms with Gasteiger partial charge in [-0.05, 0) is 42.9 Å². The van der Waals surface area contributed by atoms with Gasteiger partial charge in [-0.3, -0.25) is 4.79 Å². The first-order chi connectivity index (χ1) is 11.1. The summed E-state index contributed by atoms with van der Waals surface area (Å²) in [4.78, 5) is 12.4. The fraction of sp³-hybridized carbons (Fsp3) is 0.350. The van der Waals surface area contributed by atoms with Crippen LogP contribution in [0.25, 0.3) is 0 Å². The zero-order valence-electron chi connectivity index (χ0n) is 13.5. The Kier molecular flexibility index (Phi) is 3.19. The van der Waals surface area contributed by atoms with Gasteiger partial charge in [-0.2, -0.15) is 0 Å². The molecular weight excluding hydrogens is 288 g/mol. The van der Waals surface area contributed by atoms with Crippen molar-refractivity contribution < 1.29 is 14.3 Å². The molecule has 1 heterocycles. The second-order valence-electron chi connectivity index (χ2n) is 6.63. The number of Topliss-reactive ketones (excluding diaryl/α,β-unsaturated/α-hetero) is 1. The average molecular weight is 308 g/mol. The summed E-state index contributed by atoms with van der Waals surface area (Å²) >= 11 is 0. The average Bonchev–Trinajstić information content (AvgIpc) is 3.12. The molecule has 3 atom stereocenters. The van der Waals surface area contributed by atoms with Crippen molar-refractivity contribution in [1.82, 2.24) is 0 Å². The SMILES string of the molecule is C=C1O[C@H](O/C=C2/C(=O)C[C@@H]3c4ccccc4C[C@H]23)C(C)=C1C. The standard InChI is InChI=1S/C20H20O3/c1-11-12(2)20(23-13(11)3)22-10-18-16-8-14-6-4-5-7-15(14)17(16)9-19(18)21/h4-7,10,16-17,20H,3,8-9H2,1-2H3/b18-10+/t16-,17+,20-/m0/s1. The third-order valence-corrected chi connectivity index (χ3v) is 5.44. The van der Waals surface area contributed by atoms with Crippen LogP contribution >= 0.6 is 0 Å². The highest BCUT2D eigenvalue weighted by atomic mass is 16.7. The zero-order valence-corrected chi connectivity index (χ0v) is 13.5. The molecule has 0 spiro atoms. The van der Waals surface area contributed by atoms with Gasteiger partial charge in [0.15, 0.2) is 5.78 Å². The lowest BCUT2D eigenvalue weighted by molar-refractivity contribution is -0.115. The van der Waals surface area contributed by atoms with Crippen LogP contribution in [0.3, 0.4) is 0 Å². The lowest BCUT2D eigenvalue weighted by Gasteiger charge is -2.14. The Hall–Kier alpha value is -2.29. The molecule has 0 N–H and O–H groups in total. The molecule has 0 radical (unpaired) electrons. The summed E-state index contributed by atoms with van der Waals surface area (Å²) in [5.74, 6) is 1.40. The van der Waals surface area contributed by atoms with Crippen molar-refractivity contribution in [3.05, 3.63) is 70.7 Å². The Balaban J connectivity index is 1.57. The van der Waals surface area contributed by atoms with E-state index in [0.29, 0.717) is 18.1 Å². The first-order valence-electron chi connectivity index (χ1n) is 8.06. The third kappa shape index (κ3) is 2.14. The Bertz CT molecular complexity index is 769. The normalized spacial score (nSPS) is 30.7. The maximum Gasteiger partial charge on any atom is 0.263 e. The van der Waals surface area contributed by atoms with E-state index in [1.807, 2.05) is 13.8 Å². The van der Waals surface area contributed by atoms with Gasteiger partial charge in [-0.1, -0.05) is 30.8 Å². The Morgan fingerprint density at radius 2 is 2.00 bits per heavy atom. The molecule has 3 aliphatic rings. The number of ketones is 1. The number of carbonyl (C=O) groups excluding carboxylic acids is 1. The maximum atomic E-state index is 12.4. The first-order valence-corrected chi connectivity index (χ1v) is 8.06. The van der Waals surface area contributed by atoms with E-state index in [1.54, 1.807) is 6.26 Å². The number of ether oxygens (including phenoxy) is 2. The van der Waals surface area contributed by atoms with Crippen LogP contribution in [0.4, 0.5) is 0 Å². The van der Waals surface area contributed by atoms with E-state index in [0.717, 1.165) is 23.1 Å². The Morgan fingerprint density at radius 1 is 1.22 bits per heavy atom. The minimum absolute atomic E-state index is 0.199. The van der Waals surface area contributed by atoms with Gasteiger partial charge in [-0.15, -0.1) is 0 Å². The molecule has 0 saturated heterocycles. The molecule has 0 bridgehead atoms. The number of hydrogen-bond acceptors (Lipinski definition) is 3. The largest absolute Gasteiger partial charge is 0.458 e. The fourth-order valence-electron chi connectivity index (χ4n) is 3.90. The topological polar surface area (TPSA) is 35.5 Å². The molecule has 1 aromatic rings. The molecule has 1 aromatic carbocycles. The van der Waals surface area contributed by atoms with Gasteiger partial charge >= 0.3 is 0 Å². The van der Waals surface area contributed by atoms with E-state index in [1.165, 1.54) is 11.1 Å². The quantitative estimate of drug-likeness (QED) is 0.611. The van der Waals surface area contributed by atoms with Gasteiger partial charge in [0.25, 0.3) is 6.29 Å². The van der Waals surface area contributed by atoms with Crippen LogP contribution in [-0.2, 0) is 20.7 Å². The summed E-state index contributed by atoms with van der Waals surface area (Å²) in [6.45, 7) is 7.81. The van der Waals surface area contributed by atoms with Crippen LogP contribution in [-0.4, -0.2) is 12.1 Å². The highest BCUT2D eigenvalue weighted by molar-refractivity contribution is 5.99. The van der Waals surface area contributed by atoms with E-state index in [4.69, 9.17) is 9.47 Å². The number of rotatable bonds is 2. The molecule has 23 heavy (non-hydrogen) atoms. The van der Waals surface area contributed by atoms with Crippen LogP contribution < -0.4 is 0 Å². The number of hydrogen-bond donors (Lipinski definition) is 0. The summed E-state index contributed by atoms with van der Waals surface area (Å²) < 4.78 is 11.4. The van der Waals surface area contributed by atoms with E-state index >= 15 is 0 Å². The second-order valence-corrected chi connectivity index (χ2v) is 6.63. The summed E-state index contributed by atoms with van der Waals surface area (Å²) in [6.07, 6.45) is 2.70. The molecule has 1 aliphatic heterocycles. The fourth-order valence-corrected chi connectivity index (χ4v) is 3.90. The molecule has 1 saturated carbocycles. The Labute approximate surface area is 136 Å². The summed E-state index contributed by atoms with van der Waals surface area (Å²) in [5.41, 5.74) is 5.53. The second kappa shape index (κ2) is 5.12. The van der Waals surface area contributed by atoms with Crippen LogP contribution in [0, 0.1) is 5.92 Å². The minimum Gasteiger partial charge on any atom is -0.458 e. The van der Waals surface area contributed by atoms with Crippen molar-refractivity contribution in [3.8, 4) is 0 Å². The van der Waals surface area contributed by atoms with Crippen molar-refractivity contribution in [3.63, 3.8) is 0 Å². The summed E-state index contributed by atoms with van der Waals surface area (Å²) in [6, 6.07) is 8.43. The molecule has 118 valence electrons. The molecule has 4 rings (SSSR count). The summed E-state index contributed by atoms with van der Waals surface area (Å²) in [5, 5.41) is 0. The molecule has 1 fully saturated rings. The molecule has 2 aliphatic carbocycles. The van der Waals surface area contributed by atoms with Crippen LogP contribution in [0.2, 0.25) is 0 Å². The van der Waals surface area contributed by atoms with Crippen molar-refractivity contribution >= 4 is 5.78 Å². The lowest BCUT2D eigenvalue weighted by atomic mass is 9.95. The monoisotopic (exact) mass is 308 g/mol. The van der Waals surface area contributed by atoms with Gasteiger partial charge < -0.3 is 9.47 Å². The highest BCUT2D eigenvalue weighted by Gasteiger charge is 2.44. The first kappa shape index (κ1) is 14.3. The Morgan fingerprint density at radius 3 is 2.74 bits per heavy atom. The van der Waals surface area contributed by atoms with Gasteiger partial charge in [0.05, 0.1) is 6.26 Å². The molecule has 0 unspecified atom stereocenters. The number of benzene rings is 1. The van der Waals surface area contributed by atoms with Gasteiger partial charge in [0.2, 0.25) is 0 Å². The van der Waals surface area contributed by atoms with Crippen LogP contribution in [0.1, 0.15) is 37.3 Å². The van der Waals surface area contributed by atoms with E-state index < -0.39 is 6.29 Å². The number of carbonyl (C=O) groups is 1. The third-order valence-electron chi connectivity index (χ3n) is 5.44. The molecule has 3 nitrogen and oxygen atoms in total. The molecule has 3 heteroatoms. The van der Waals surface area contributed by atoms with Crippen LogP contribution in [0.15, 0.2) is 59.6 Å². The van der Waals surface area contributed by atoms with Gasteiger partial charge in [0.1, 0.15) is 5.76 Å².